The first kappa shape index (κ1) is 23.6. The fourth-order valence-corrected chi connectivity index (χ4v) is 5.22. The second-order valence-corrected chi connectivity index (χ2v) is 9.48. The van der Waals surface area contributed by atoms with Crippen molar-refractivity contribution in [1.29, 1.82) is 0 Å². The molecule has 0 bridgehead atoms. The highest BCUT2D eigenvalue weighted by molar-refractivity contribution is 8.18. The Labute approximate surface area is 211 Å². The summed E-state index contributed by atoms with van der Waals surface area (Å²) in [6, 6.07) is 21.7. The summed E-state index contributed by atoms with van der Waals surface area (Å²) < 4.78 is 15.5. The van der Waals surface area contributed by atoms with Gasteiger partial charge in [0.05, 0.1) is 10.6 Å². The molecular formula is C28H22FN3O3S. The van der Waals surface area contributed by atoms with Crippen LogP contribution in [0.25, 0.3) is 22.5 Å². The van der Waals surface area contributed by atoms with Gasteiger partial charge in [-0.15, -0.1) is 0 Å². The van der Waals surface area contributed by atoms with E-state index in [1.165, 1.54) is 18.2 Å². The summed E-state index contributed by atoms with van der Waals surface area (Å²) >= 11 is 0.799. The number of hydrogen-bond acceptors (Lipinski definition) is 4. The predicted octanol–water partition coefficient (Wildman–Crippen LogP) is 6.06. The number of nitrogens with one attached hydrogen (secondary N) is 1. The second kappa shape index (κ2) is 9.47. The lowest BCUT2D eigenvalue weighted by Gasteiger charge is -2.13. The highest BCUT2D eigenvalue weighted by Crippen LogP contribution is 2.34. The number of fused-ring (bicyclic) bond motifs is 1. The van der Waals surface area contributed by atoms with E-state index in [2.05, 4.69) is 34.1 Å². The van der Waals surface area contributed by atoms with E-state index < -0.39 is 29.4 Å². The number of imide groups is 1. The van der Waals surface area contributed by atoms with E-state index in [1.54, 1.807) is 6.08 Å². The Morgan fingerprint density at radius 2 is 1.75 bits per heavy atom. The van der Waals surface area contributed by atoms with E-state index in [0.29, 0.717) is 0 Å². The van der Waals surface area contributed by atoms with E-state index in [0.717, 1.165) is 56.1 Å². The summed E-state index contributed by atoms with van der Waals surface area (Å²) in [6.45, 7) is 3.51. The molecule has 1 fully saturated rings. The molecule has 6 nitrogen and oxygen atoms in total. The number of amides is 3. The molecule has 2 heterocycles. The number of aromatic nitrogens is 1. The molecule has 0 unspecified atom stereocenters. The average Bonchev–Trinajstić information content (AvgIpc) is 3.27. The topological polar surface area (TPSA) is 71.4 Å². The summed E-state index contributed by atoms with van der Waals surface area (Å²) in [7, 11) is 0. The maximum Gasteiger partial charge on any atom is 0.294 e. The van der Waals surface area contributed by atoms with E-state index in [-0.39, 0.29) is 10.6 Å². The zero-order valence-corrected chi connectivity index (χ0v) is 20.4. The van der Waals surface area contributed by atoms with Gasteiger partial charge >= 0.3 is 0 Å². The van der Waals surface area contributed by atoms with E-state index >= 15 is 0 Å². The average molecular weight is 500 g/mol. The van der Waals surface area contributed by atoms with Crippen LogP contribution < -0.4 is 5.32 Å². The predicted molar refractivity (Wildman–Crippen MR) is 140 cm³/mol. The van der Waals surface area contributed by atoms with Crippen LogP contribution in [0.4, 0.5) is 14.9 Å². The quantitative estimate of drug-likeness (QED) is 0.339. The van der Waals surface area contributed by atoms with Gasteiger partial charge in [-0.3, -0.25) is 19.3 Å². The molecule has 180 valence electrons. The molecule has 0 atom stereocenters. The van der Waals surface area contributed by atoms with Crippen LogP contribution in [0.5, 0.6) is 0 Å². The molecule has 5 rings (SSSR count). The van der Waals surface area contributed by atoms with Gasteiger partial charge in [-0.05, 0) is 73.0 Å². The summed E-state index contributed by atoms with van der Waals surface area (Å²) in [5.74, 6) is -1.62. The van der Waals surface area contributed by atoms with Crippen molar-refractivity contribution in [3.8, 4) is 5.69 Å². The van der Waals surface area contributed by atoms with Crippen molar-refractivity contribution in [2.75, 3.05) is 11.9 Å². The van der Waals surface area contributed by atoms with Gasteiger partial charge in [-0.1, -0.05) is 42.5 Å². The lowest BCUT2D eigenvalue weighted by Crippen LogP contribution is -2.36. The van der Waals surface area contributed by atoms with Crippen LogP contribution in [0.3, 0.4) is 0 Å². The Balaban J connectivity index is 1.40. The van der Waals surface area contributed by atoms with Crippen LogP contribution in [0.1, 0.15) is 17.0 Å². The normalized spacial score (nSPS) is 14.8. The zero-order chi connectivity index (χ0) is 25.4. The number of nitrogens with zero attached hydrogens (tertiary/aromatic N) is 2. The van der Waals surface area contributed by atoms with Crippen molar-refractivity contribution in [1.82, 2.24) is 9.47 Å². The minimum Gasteiger partial charge on any atom is -0.324 e. The molecule has 36 heavy (non-hydrogen) atoms. The highest BCUT2D eigenvalue weighted by atomic mass is 32.2. The van der Waals surface area contributed by atoms with Gasteiger partial charge in [0.15, 0.2) is 0 Å². The van der Waals surface area contributed by atoms with Crippen molar-refractivity contribution in [3.05, 3.63) is 100 Å². The second-order valence-electron chi connectivity index (χ2n) is 8.49. The number of rotatable bonds is 5. The van der Waals surface area contributed by atoms with Gasteiger partial charge < -0.3 is 9.88 Å². The largest absolute Gasteiger partial charge is 0.324 e. The van der Waals surface area contributed by atoms with Crippen molar-refractivity contribution in [2.24, 2.45) is 0 Å². The zero-order valence-electron chi connectivity index (χ0n) is 19.6. The van der Waals surface area contributed by atoms with E-state index in [1.807, 2.05) is 38.1 Å². The molecule has 1 aliphatic heterocycles. The van der Waals surface area contributed by atoms with Gasteiger partial charge in [0.2, 0.25) is 5.91 Å². The van der Waals surface area contributed by atoms with Crippen molar-refractivity contribution >= 4 is 51.4 Å². The maximum atomic E-state index is 13.4. The Morgan fingerprint density at radius 3 is 2.56 bits per heavy atom. The van der Waals surface area contributed by atoms with Crippen LogP contribution in [0.2, 0.25) is 0 Å². The first-order valence-electron chi connectivity index (χ1n) is 11.3. The fraction of sp³-hybridized carbons (Fsp3) is 0.107. The lowest BCUT2D eigenvalue weighted by atomic mass is 10.1. The van der Waals surface area contributed by atoms with Crippen LogP contribution >= 0.6 is 11.8 Å². The van der Waals surface area contributed by atoms with E-state index in [4.69, 9.17) is 0 Å². The third-order valence-electron chi connectivity index (χ3n) is 6.05. The van der Waals surface area contributed by atoms with Gasteiger partial charge in [-0.2, -0.15) is 0 Å². The Kier molecular flexibility index (Phi) is 6.20. The van der Waals surface area contributed by atoms with Crippen molar-refractivity contribution in [2.45, 2.75) is 13.8 Å². The Bertz CT molecular complexity index is 1570. The van der Waals surface area contributed by atoms with E-state index in [9.17, 15) is 18.8 Å². The third kappa shape index (κ3) is 4.43. The number of carbonyl (C=O) groups is 3. The number of anilines is 1. The number of benzene rings is 3. The molecule has 1 N–H and O–H groups in total. The lowest BCUT2D eigenvalue weighted by molar-refractivity contribution is -0.127. The van der Waals surface area contributed by atoms with Crippen LogP contribution in [0.15, 0.2) is 77.7 Å². The van der Waals surface area contributed by atoms with Crippen molar-refractivity contribution < 1.29 is 18.8 Å². The first-order chi connectivity index (χ1) is 17.3. The number of aryl methyl sites for hydroxylation is 1. The molecule has 1 aliphatic rings. The minimum atomic E-state index is -0.585. The molecule has 1 saturated heterocycles. The first-order valence-corrected chi connectivity index (χ1v) is 12.1. The van der Waals surface area contributed by atoms with Gasteiger partial charge in [0.1, 0.15) is 12.4 Å². The fourth-order valence-electron chi connectivity index (χ4n) is 4.40. The number of halogens is 1. The standard InChI is InChI=1S/C28H22FN3O3S/c1-17-13-20(18(2)32(17)24-12-5-8-19-7-3-4-11-23(19)24)14-25-27(34)31(28(35)36-25)16-26(33)30-22-10-6-9-21(29)15-22/h3-15H,16H2,1-2H3,(H,30,33)/b25-14+. The monoisotopic (exact) mass is 499 g/mol. The molecule has 0 radical (unpaired) electrons. The maximum absolute atomic E-state index is 13.4. The SMILES string of the molecule is Cc1cc(/C=C2/SC(=O)N(CC(=O)Nc3cccc(F)c3)C2=O)c(C)n1-c1cccc2ccccc12. The summed E-state index contributed by atoms with van der Waals surface area (Å²) in [6.07, 6.45) is 1.69. The number of hydrogen-bond donors (Lipinski definition) is 1. The molecule has 4 aromatic rings. The van der Waals surface area contributed by atoms with Crippen LogP contribution in [-0.4, -0.2) is 33.1 Å². The molecule has 1 aromatic heterocycles. The number of carbonyl (C=O) groups excluding carboxylic acids is 3. The summed E-state index contributed by atoms with van der Waals surface area (Å²) in [4.78, 5) is 39.0. The highest BCUT2D eigenvalue weighted by Gasteiger charge is 2.36. The number of thioether (sulfide) groups is 1. The van der Waals surface area contributed by atoms with Crippen LogP contribution in [-0.2, 0) is 9.59 Å². The van der Waals surface area contributed by atoms with Crippen LogP contribution in [0, 0.1) is 19.7 Å². The smallest absolute Gasteiger partial charge is 0.294 e. The summed E-state index contributed by atoms with van der Waals surface area (Å²) in [5.41, 5.74) is 4.02. The van der Waals surface area contributed by atoms with Gasteiger partial charge in [0.25, 0.3) is 11.1 Å². The molecule has 0 spiro atoms. The van der Waals surface area contributed by atoms with Gasteiger partial charge in [0, 0.05) is 22.5 Å². The minimum absolute atomic E-state index is 0.247. The molecule has 0 saturated carbocycles. The Morgan fingerprint density at radius 1 is 1.00 bits per heavy atom. The molecule has 3 amide bonds. The molecule has 0 aliphatic carbocycles. The van der Waals surface area contributed by atoms with Gasteiger partial charge in [-0.25, -0.2) is 4.39 Å². The van der Waals surface area contributed by atoms with Crippen molar-refractivity contribution in [3.63, 3.8) is 0 Å². The molecule has 3 aromatic carbocycles. The molecule has 8 heteroatoms. The molecular weight excluding hydrogens is 477 g/mol. The Hall–Kier alpha value is -4.17. The third-order valence-corrected chi connectivity index (χ3v) is 6.96. The summed E-state index contributed by atoms with van der Waals surface area (Å²) in [5, 5.41) is 4.22.